The fourth-order valence-corrected chi connectivity index (χ4v) is 5.46. The van der Waals surface area contributed by atoms with E-state index in [0.29, 0.717) is 40.2 Å². The molecule has 41 heavy (non-hydrogen) atoms. The summed E-state index contributed by atoms with van der Waals surface area (Å²) in [5.74, 6) is -0.100. The molecular weight excluding hydrogens is 535 g/mol. The Hall–Kier alpha value is -3.71. The highest BCUT2D eigenvalue weighted by Gasteiger charge is 2.35. The third kappa shape index (κ3) is 5.87. The van der Waals surface area contributed by atoms with Crippen LogP contribution in [0.1, 0.15) is 54.4 Å². The van der Waals surface area contributed by atoms with Crippen LogP contribution in [0.2, 0.25) is 0 Å². The van der Waals surface area contributed by atoms with Crippen LogP contribution >= 0.6 is 0 Å². The second-order valence-electron chi connectivity index (χ2n) is 11.2. The minimum Gasteiger partial charge on any atom is -0.371 e. The Bertz CT molecular complexity index is 1580. The lowest BCUT2D eigenvalue weighted by Crippen LogP contribution is -2.43. The second-order valence-corrected chi connectivity index (χ2v) is 11.2. The lowest BCUT2D eigenvalue weighted by Gasteiger charge is -2.34. The number of fused-ring (bicyclic) bond motifs is 2. The lowest BCUT2D eigenvalue weighted by atomic mass is 10.0. The molecule has 13 heteroatoms. The Balaban J connectivity index is 1.21. The number of aryl methyl sites for hydroxylation is 2. The van der Waals surface area contributed by atoms with Gasteiger partial charge in [0.25, 0.3) is 5.91 Å². The number of nitrogens with one attached hydrogen (secondary N) is 3. The molecule has 1 aromatic carbocycles. The van der Waals surface area contributed by atoms with Crippen molar-refractivity contribution in [2.45, 2.75) is 70.4 Å². The molecule has 1 amide bonds. The van der Waals surface area contributed by atoms with Crippen molar-refractivity contribution in [2.24, 2.45) is 7.05 Å². The van der Waals surface area contributed by atoms with Crippen LogP contribution in [0.15, 0.2) is 30.7 Å². The number of aromatic nitrogens is 5. The van der Waals surface area contributed by atoms with Crippen molar-refractivity contribution in [2.75, 3.05) is 23.3 Å². The van der Waals surface area contributed by atoms with Gasteiger partial charge in [-0.05, 0) is 51.7 Å². The number of amides is 1. The summed E-state index contributed by atoms with van der Waals surface area (Å²) in [5, 5.41) is 14.5. The fourth-order valence-electron chi connectivity index (χ4n) is 5.46. The van der Waals surface area contributed by atoms with E-state index in [1.54, 1.807) is 34.5 Å². The van der Waals surface area contributed by atoms with E-state index >= 15 is 0 Å². The SMILES string of the molecule is Cc1cn2cc(NC(=O)c3ccc(N4CCC(NC5CC5)CC4)c4cn(C)nc34)nc2c(CNC(C)C(F)(F)F)n1. The van der Waals surface area contributed by atoms with E-state index in [9.17, 15) is 18.0 Å². The summed E-state index contributed by atoms with van der Waals surface area (Å²) in [7, 11) is 1.84. The van der Waals surface area contributed by atoms with Crippen molar-refractivity contribution in [3.05, 3.63) is 47.7 Å². The molecule has 1 saturated carbocycles. The molecule has 3 N–H and O–H groups in total. The molecule has 1 atom stereocenters. The number of rotatable bonds is 8. The molecule has 0 spiro atoms. The summed E-state index contributed by atoms with van der Waals surface area (Å²) < 4.78 is 42.4. The third-order valence-electron chi connectivity index (χ3n) is 7.83. The van der Waals surface area contributed by atoms with Crippen LogP contribution in [-0.2, 0) is 13.6 Å². The summed E-state index contributed by atoms with van der Waals surface area (Å²) in [4.78, 5) is 24.7. The summed E-state index contributed by atoms with van der Waals surface area (Å²) in [6.45, 7) is 4.56. The molecule has 0 bridgehead atoms. The van der Waals surface area contributed by atoms with Crippen molar-refractivity contribution < 1.29 is 18.0 Å². The zero-order valence-corrected chi connectivity index (χ0v) is 23.3. The number of hydrogen-bond acceptors (Lipinski definition) is 7. The van der Waals surface area contributed by atoms with Gasteiger partial charge in [-0.2, -0.15) is 18.3 Å². The maximum atomic E-state index is 13.4. The summed E-state index contributed by atoms with van der Waals surface area (Å²) in [6.07, 6.45) is 5.63. The zero-order chi connectivity index (χ0) is 28.9. The Morgan fingerprint density at radius 1 is 1.07 bits per heavy atom. The average Bonchev–Trinajstić information content (AvgIpc) is 3.50. The van der Waals surface area contributed by atoms with Gasteiger partial charge >= 0.3 is 6.18 Å². The van der Waals surface area contributed by atoms with Crippen LogP contribution in [-0.4, -0.2) is 67.4 Å². The number of alkyl halides is 3. The number of piperidine rings is 1. The number of hydrogen-bond donors (Lipinski definition) is 3. The minimum atomic E-state index is -4.37. The summed E-state index contributed by atoms with van der Waals surface area (Å²) in [5.41, 5.74) is 3.42. The van der Waals surface area contributed by atoms with Gasteiger partial charge in [0.05, 0.1) is 23.1 Å². The Morgan fingerprint density at radius 3 is 2.51 bits per heavy atom. The molecule has 1 saturated heterocycles. The lowest BCUT2D eigenvalue weighted by molar-refractivity contribution is -0.151. The molecule has 1 aliphatic carbocycles. The molecule has 1 aliphatic heterocycles. The number of imidazole rings is 1. The Morgan fingerprint density at radius 2 is 1.80 bits per heavy atom. The van der Waals surface area contributed by atoms with Crippen molar-refractivity contribution in [3.63, 3.8) is 0 Å². The van der Waals surface area contributed by atoms with Crippen molar-refractivity contribution in [3.8, 4) is 0 Å². The number of carbonyl (C=O) groups is 1. The van der Waals surface area contributed by atoms with Crippen LogP contribution in [0, 0.1) is 6.92 Å². The number of nitrogens with zero attached hydrogens (tertiary/aromatic N) is 6. The minimum absolute atomic E-state index is 0.125. The highest BCUT2D eigenvalue weighted by molar-refractivity contribution is 6.13. The van der Waals surface area contributed by atoms with E-state index in [4.69, 9.17) is 0 Å². The first-order chi connectivity index (χ1) is 19.5. The Kier molecular flexibility index (Phi) is 7.10. The maximum Gasteiger partial charge on any atom is 0.403 e. The van der Waals surface area contributed by atoms with Gasteiger partial charge in [-0.15, -0.1) is 0 Å². The molecule has 218 valence electrons. The van der Waals surface area contributed by atoms with Gasteiger partial charge in [0.15, 0.2) is 11.5 Å². The summed E-state index contributed by atoms with van der Waals surface area (Å²) >= 11 is 0. The topological polar surface area (TPSA) is 104 Å². The fraction of sp³-hybridized carbons (Fsp3) is 0.500. The van der Waals surface area contributed by atoms with Crippen molar-refractivity contribution in [1.82, 2.24) is 34.8 Å². The van der Waals surface area contributed by atoms with Crippen molar-refractivity contribution in [1.29, 1.82) is 0 Å². The summed E-state index contributed by atoms with van der Waals surface area (Å²) in [6, 6.07) is 3.33. The molecule has 2 fully saturated rings. The number of carbonyl (C=O) groups excluding carboxylic acids is 1. The van der Waals surface area contributed by atoms with Crippen molar-refractivity contribution >= 4 is 34.0 Å². The normalized spacial score (nSPS) is 17.5. The first kappa shape index (κ1) is 27.5. The third-order valence-corrected chi connectivity index (χ3v) is 7.83. The predicted octanol–water partition coefficient (Wildman–Crippen LogP) is 3.94. The van der Waals surface area contributed by atoms with Crippen LogP contribution in [0.3, 0.4) is 0 Å². The van der Waals surface area contributed by atoms with Gasteiger partial charge in [0.2, 0.25) is 0 Å². The average molecular weight is 570 g/mol. The standard InChI is InChI=1S/C28H34F3N9O/c1-16-13-40-15-24(35-26(40)22(33-16)12-32-17(2)28(29,30)31)36-27(41)20-6-7-23(21-14-38(3)37-25(20)21)39-10-8-19(9-11-39)34-18-4-5-18/h6-7,13-15,17-19,32,34H,4-5,8-12H2,1-3H3,(H,36,41). The van der Waals surface area contributed by atoms with Crippen LogP contribution in [0.25, 0.3) is 16.6 Å². The monoisotopic (exact) mass is 569 g/mol. The number of halogens is 3. The predicted molar refractivity (Wildman–Crippen MR) is 150 cm³/mol. The van der Waals surface area contributed by atoms with Gasteiger partial charge in [-0.3, -0.25) is 14.5 Å². The van der Waals surface area contributed by atoms with E-state index in [1.165, 1.54) is 12.8 Å². The second kappa shape index (κ2) is 10.6. The van der Waals surface area contributed by atoms with Crippen LogP contribution in [0.4, 0.5) is 24.7 Å². The molecule has 2 aliphatic rings. The van der Waals surface area contributed by atoms with E-state index in [0.717, 1.165) is 43.9 Å². The molecule has 0 radical (unpaired) electrons. The Labute approximate surface area is 235 Å². The number of benzene rings is 1. The van der Waals surface area contributed by atoms with Gasteiger partial charge in [0, 0.05) is 62.2 Å². The van der Waals surface area contributed by atoms with E-state index in [-0.39, 0.29) is 18.3 Å². The van der Waals surface area contributed by atoms with E-state index in [2.05, 4.69) is 35.9 Å². The molecule has 10 nitrogen and oxygen atoms in total. The van der Waals surface area contributed by atoms with Gasteiger partial charge in [0.1, 0.15) is 11.6 Å². The first-order valence-electron chi connectivity index (χ1n) is 14.0. The van der Waals surface area contributed by atoms with Crippen LogP contribution < -0.4 is 20.9 Å². The van der Waals surface area contributed by atoms with Gasteiger partial charge in [-0.1, -0.05) is 0 Å². The molecular formula is C28H34F3N9O. The van der Waals surface area contributed by atoms with E-state index in [1.807, 2.05) is 19.3 Å². The molecule has 3 aromatic heterocycles. The maximum absolute atomic E-state index is 13.4. The molecule has 4 aromatic rings. The molecule has 1 unspecified atom stereocenters. The van der Waals surface area contributed by atoms with Gasteiger partial charge < -0.3 is 25.3 Å². The highest BCUT2D eigenvalue weighted by Crippen LogP contribution is 2.32. The zero-order valence-electron chi connectivity index (χ0n) is 23.3. The van der Waals surface area contributed by atoms with E-state index < -0.39 is 12.2 Å². The van der Waals surface area contributed by atoms with Crippen LogP contribution in [0.5, 0.6) is 0 Å². The largest absolute Gasteiger partial charge is 0.403 e. The first-order valence-corrected chi connectivity index (χ1v) is 14.0. The quantitative estimate of drug-likeness (QED) is 0.295. The van der Waals surface area contributed by atoms with Gasteiger partial charge in [-0.25, -0.2) is 4.98 Å². The number of anilines is 2. The smallest absolute Gasteiger partial charge is 0.371 e. The molecule has 4 heterocycles. The molecule has 6 rings (SSSR count). The highest BCUT2D eigenvalue weighted by atomic mass is 19.4.